The summed E-state index contributed by atoms with van der Waals surface area (Å²) in [5.41, 5.74) is 0.746. The molecule has 0 saturated carbocycles. The molecule has 2 heterocycles. The first-order chi connectivity index (χ1) is 11.6. The standard InChI is InChI=1S/C17H20FN5O/c1-22-8-10-23(11-9-22)16-7-6-15(20-21-16)19-17(24)12-13-2-4-14(18)5-3-13/h2-7H,8-12H2,1H3,(H,19,20,24). The van der Waals surface area contributed by atoms with Crippen LogP contribution in [0, 0.1) is 5.82 Å². The highest BCUT2D eigenvalue weighted by atomic mass is 19.1. The second-order valence-corrected chi connectivity index (χ2v) is 5.92. The van der Waals surface area contributed by atoms with E-state index >= 15 is 0 Å². The average molecular weight is 329 g/mol. The molecule has 1 aromatic heterocycles. The maximum atomic E-state index is 12.9. The number of carbonyl (C=O) groups is 1. The van der Waals surface area contributed by atoms with Gasteiger partial charge in [-0.05, 0) is 36.9 Å². The van der Waals surface area contributed by atoms with Crippen LogP contribution in [0.2, 0.25) is 0 Å². The molecule has 0 unspecified atom stereocenters. The first-order valence-corrected chi connectivity index (χ1v) is 7.92. The fraction of sp³-hybridized carbons (Fsp3) is 0.353. The zero-order valence-electron chi connectivity index (χ0n) is 13.6. The highest BCUT2D eigenvalue weighted by molar-refractivity contribution is 5.91. The Balaban J connectivity index is 1.55. The van der Waals surface area contributed by atoms with Gasteiger partial charge in [-0.1, -0.05) is 12.1 Å². The van der Waals surface area contributed by atoms with Crippen molar-refractivity contribution in [2.24, 2.45) is 0 Å². The third kappa shape index (κ3) is 4.26. The molecule has 1 aliphatic rings. The minimum absolute atomic E-state index is 0.169. The number of rotatable bonds is 4. The normalized spacial score (nSPS) is 15.3. The van der Waals surface area contributed by atoms with Crippen molar-refractivity contribution >= 4 is 17.5 Å². The third-order valence-electron chi connectivity index (χ3n) is 4.02. The molecule has 2 aromatic rings. The number of hydrogen-bond donors (Lipinski definition) is 1. The van der Waals surface area contributed by atoms with Crippen molar-refractivity contribution < 1.29 is 9.18 Å². The van der Waals surface area contributed by atoms with Crippen molar-refractivity contribution in [3.8, 4) is 0 Å². The third-order valence-corrected chi connectivity index (χ3v) is 4.02. The smallest absolute Gasteiger partial charge is 0.229 e. The summed E-state index contributed by atoms with van der Waals surface area (Å²) in [6, 6.07) is 9.49. The van der Waals surface area contributed by atoms with Gasteiger partial charge in [0.15, 0.2) is 11.6 Å². The lowest BCUT2D eigenvalue weighted by Crippen LogP contribution is -2.44. The van der Waals surface area contributed by atoms with Gasteiger partial charge in [-0.15, -0.1) is 10.2 Å². The summed E-state index contributed by atoms with van der Waals surface area (Å²) in [6.45, 7) is 3.83. The number of likely N-dealkylation sites (N-methyl/N-ethyl adjacent to an activating group) is 1. The van der Waals surface area contributed by atoms with Gasteiger partial charge in [-0.3, -0.25) is 4.79 Å². The maximum absolute atomic E-state index is 12.9. The molecular formula is C17H20FN5O. The van der Waals surface area contributed by atoms with Crippen LogP contribution >= 0.6 is 0 Å². The minimum atomic E-state index is -0.315. The topological polar surface area (TPSA) is 61.4 Å². The van der Waals surface area contributed by atoms with Crippen LogP contribution in [0.1, 0.15) is 5.56 Å². The SMILES string of the molecule is CN1CCN(c2ccc(NC(=O)Cc3ccc(F)cc3)nn2)CC1. The fourth-order valence-corrected chi connectivity index (χ4v) is 2.57. The average Bonchev–Trinajstić information content (AvgIpc) is 2.58. The number of aromatic nitrogens is 2. The zero-order valence-corrected chi connectivity index (χ0v) is 13.6. The minimum Gasteiger partial charge on any atom is -0.353 e. The van der Waals surface area contributed by atoms with Crippen molar-refractivity contribution in [2.75, 3.05) is 43.4 Å². The number of anilines is 2. The van der Waals surface area contributed by atoms with Crippen LogP contribution < -0.4 is 10.2 Å². The summed E-state index contributed by atoms with van der Waals surface area (Å²) in [6.07, 6.45) is 0.169. The molecule has 0 spiro atoms. The predicted octanol–water partition coefficient (Wildman–Crippen LogP) is 1.55. The van der Waals surface area contributed by atoms with Crippen LogP contribution in [-0.2, 0) is 11.2 Å². The Morgan fingerprint density at radius 3 is 2.42 bits per heavy atom. The van der Waals surface area contributed by atoms with E-state index in [-0.39, 0.29) is 18.1 Å². The Bertz CT molecular complexity index is 681. The van der Waals surface area contributed by atoms with Crippen LogP contribution in [0.3, 0.4) is 0 Å². The number of halogens is 1. The molecule has 126 valence electrons. The van der Waals surface area contributed by atoms with Crippen LogP contribution in [0.25, 0.3) is 0 Å². The maximum Gasteiger partial charge on any atom is 0.229 e. The number of amides is 1. The van der Waals surface area contributed by atoms with Crippen LogP contribution in [0.4, 0.5) is 16.0 Å². The molecule has 0 atom stereocenters. The Kier molecular flexibility index (Phi) is 5.00. The Morgan fingerprint density at radius 2 is 1.79 bits per heavy atom. The van der Waals surface area contributed by atoms with E-state index in [9.17, 15) is 9.18 Å². The summed E-state index contributed by atoms with van der Waals surface area (Å²) < 4.78 is 12.9. The predicted molar refractivity (Wildman–Crippen MR) is 90.5 cm³/mol. The molecule has 24 heavy (non-hydrogen) atoms. The van der Waals surface area contributed by atoms with Gasteiger partial charge in [0.25, 0.3) is 0 Å². The monoisotopic (exact) mass is 329 g/mol. The van der Waals surface area contributed by atoms with Gasteiger partial charge in [-0.25, -0.2) is 4.39 Å². The van der Waals surface area contributed by atoms with Gasteiger partial charge in [0.1, 0.15) is 5.82 Å². The molecule has 1 saturated heterocycles. The van der Waals surface area contributed by atoms with Crippen molar-refractivity contribution in [3.05, 3.63) is 47.8 Å². The van der Waals surface area contributed by atoms with Gasteiger partial charge in [-0.2, -0.15) is 0 Å². The van der Waals surface area contributed by atoms with Crippen LogP contribution in [0.15, 0.2) is 36.4 Å². The van der Waals surface area contributed by atoms with E-state index in [0.717, 1.165) is 37.6 Å². The Labute approximate surface area is 140 Å². The first-order valence-electron chi connectivity index (χ1n) is 7.92. The number of hydrogen-bond acceptors (Lipinski definition) is 5. The van der Waals surface area contributed by atoms with E-state index in [0.29, 0.717) is 5.82 Å². The fourth-order valence-electron chi connectivity index (χ4n) is 2.57. The lowest BCUT2D eigenvalue weighted by Gasteiger charge is -2.32. The van der Waals surface area contributed by atoms with Gasteiger partial charge < -0.3 is 15.1 Å². The summed E-state index contributed by atoms with van der Waals surface area (Å²) >= 11 is 0. The van der Waals surface area contributed by atoms with E-state index in [1.54, 1.807) is 18.2 Å². The summed E-state index contributed by atoms with van der Waals surface area (Å²) in [5.74, 6) is 0.715. The summed E-state index contributed by atoms with van der Waals surface area (Å²) in [5, 5.41) is 11.0. The van der Waals surface area contributed by atoms with Crippen molar-refractivity contribution in [3.63, 3.8) is 0 Å². The molecule has 1 fully saturated rings. The second-order valence-electron chi connectivity index (χ2n) is 5.92. The Morgan fingerprint density at radius 1 is 1.08 bits per heavy atom. The number of piperazine rings is 1. The van der Waals surface area contributed by atoms with Crippen molar-refractivity contribution in [1.29, 1.82) is 0 Å². The number of nitrogens with one attached hydrogen (secondary N) is 1. The molecule has 1 amide bonds. The van der Waals surface area contributed by atoms with Crippen LogP contribution in [0.5, 0.6) is 0 Å². The molecule has 1 N–H and O–H groups in total. The van der Waals surface area contributed by atoms with Gasteiger partial charge in [0.2, 0.25) is 5.91 Å². The number of nitrogens with zero attached hydrogens (tertiary/aromatic N) is 4. The van der Waals surface area contributed by atoms with Gasteiger partial charge in [0.05, 0.1) is 6.42 Å². The second kappa shape index (κ2) is 7.35. The molecule has 7 heteroatoms. The zero-order chi connectivity index (χ0) is 16.9. The highest BCUT2D eigenvalue weighted by Crippen LogP contribution is 2.14. The van der Waals surface area contributed by atoms with E-state index in [1.165, 1.54) is 12.1 Å². The summed E-state index contributed by atoms with van der Waals surface area (Å²) in [7, 11) is 2.10. The van der Waals surface area contributed by atoms with Gasteiger partial charge >= 0.3 is 0 Å². The molecule has 1 aliphatic heterocycles. The van der Waals surface area contributed by atoms with E-state index in [2.05, 4.69) is 32.4 Å². The molecule has 0 aliphatic carbocycles. The largest absolute Gasteiger partial charge is 0.353 e. The van der Waals surface area contributed by atoms with Gasteiger partial charge in [0, 0.05) is 26.2 Å². The van der Waals surface area contributed by atoms with E-state index < -0.39 is 0 Å². The highest BCUT2D eigenvalue weighted by Gasteiger charge is 2.15. The lowest BCUT2D eigenvalue weighted by atomic mass is 10.1. The lowest BCUT2D eigenvalue weighted by molar-refractivity contribution is -0.115. The van der Waals surface area contributed by atoms with E-state index in [1.807, 2.05) is 6.07 Å². The molecule has 6 nitrogen and oxygen atoms in total. The Hall–Kier alpha value is -2.54. The molecule has 0 bridgehead atoms. The number of carbonyl (C=O) groups excluding carboxylic acids is 1. The molecule has 1 aromatic carbocycles. The summed E-state index contributed by atoms with van der Waals surface area (Å²) in [4.78, 5) is 16.5. The van der Waals surface area contributed by atoms with E-state index in [4.69, 9.17) is 0 Å². The molecule has 3 rings (SSSR count). The van der Waals surface area contributed by atoms with Crippen LogP contribution in [-0.4, -0.2) is 54.2 Å². The molecular weight excluding hydrogens is 309 g/mol. The quantitative estimate of drug-likeness (QED) is 0.922. The first kappa shape index (κ1) is 16.3. The van der Waals surface area contributed by atoms with Crippen molar-refractivity contribution in [1.82, 2.24) is 15.1 Å². The molecule has 0 radical (unpaired) electrons. The number of benzene rings is 1. The van der Waals surface area contributed by atoms with Crippen molar-refractivity contribution in [2.45, 2.75) is 6.42 Å².